The standard InChI is InChI=1S/C9H17N3OS/c1-6(2)4-7(10)9-11-8(5-14-3)12-13-9/h6-7H,4-5,10H2,1-3H3. The maximum Gasteiger partial charge on any atom is 0.243 e. The molecule has 4 nitrogen and oxygen atoms in total. The first-order valence-electron chi connectivity index (χ1n) is 4.70. The van der Waals surface area contributed by atoms with Crippen molar-refractivity contribution in [1.29, 1.82) is 0 Å². The number of aromatic nitrogens is 2. The number of nitrogens with zero attached hydrogens (tertiary/aromatic N) is 2. The van der Waals surface area contributed by atoms with Crippen LogP contribution in [0.15, 0.2) is 4.52 Å². The van der Waals surface area contributed by atoms with Gasteiger partial charge in [-0.25, -0.2) is 0 Å². The highest BCUT2D eigenvalue weighted by Crippen LogP contribution is 2.17. The summed E-state index contributed by atoms with van der Waals surface area (Å²) < 4.78 is 5.08. The van der Waals surface area contributed by atoms with Crippen LogP contribution in [0, 0.1) is 5.92 Å². The fourth-order valence-corrected chi connectivity index (χ4v) is 1.59. The van der Waals surface area contributed by atoms with Gasteiger partial charge in [-0.15, -0.1) is 0 Å². The predicted octanol–water partition coefficient (Wildman–Crippen LogP) is 1.98. The monoisotopic (exact) mass is 215 g/mol. The Morgan fingerprint density at radius 3 is 2.79 bits per heavy atom. The molecule has 80 valence electrons. The SMILES string of the molecule is CSCc1noc(C(N)CC(C)C)n1. The fraction of sp³-hybridized carbons (Fsp3) is 0.778. The molecule has 0 bridgehead atoms. The van der Waals surface area contributed by atoms with Gasteiger partial charge >= 0.3 is 0 Å². The van der Waals surface area contributed by atoms with Gasteiger partial charge in [-0.05, 0) is 18.6 Å². The lowest BCUT2D eigenvalue weighted by molar-refractivity contribution is 0.333. The van der Waals surface area contributed by atoms with Crippen molar-refractivity contribution in [3.8, 4) is 0 Å². The second-order valence-corrected chi connectivity index (χ2v) is 4.58. The van der Waals surface area contributed by atoms with Gasteiger partial charge in [-0.1, -0.05) is 19.0 Å². The van der Waals surface area contributed by atoms with Gasteiger partial charge in [0.1, 0.15) is 0 Å². The summed E-state index contributed by atoms with van der Waals surface area (Å²) in [6, 6.07) is -0.127. The predicted molar refractivity (Wildman–Crippen MR) is 57.9 cm³/mol. The maximum atomic E-state index is 5.90. The van der Waals surface area contributed by atoms with E-state index in [1.807, 2.05) is 6.26 Å². The molecule has 0 radical (unpaired) electrons. The Hall–Kier alpha value is -0.550. The first-order valence-corrected chi connectivity index (χ1v) is 6.10. The second-order valence-electron chi connectivity index (χ2n) is 3.72. The number of nitrogens with two attached hydrogens (primary N) is 1. The summed E-state index contributed by atoms with van der Waals surface area (Å²) in [6.45, 7) is 4.25. The third kappa shape index (κ3) is 3.31. The highest BCUT2D eigenvalue weighted by atomic mass is 32.2. The highest BCUT2D eigenvalue weighted by Gasteiger charge is 2.15. The van der Waals surface area contributed by atoms with Crippen molar-refractivity contribution in [3.63, 3.8) is 0 Å². The van der Waals surface area contributed by atoms with E-state index in [9.17, 15) is 0 Å². The van der Waals surface area contributed by atoms with E-state index in [-0.39, 0.29) is 6.04 Å². The van der Waals surface area contributed by atoms with E-state index in [1.54, 1.807) is 11.8 Å². The van der Waals surface area contributed by atoms with E-state index in [0.717, 1.165) is 18.0 Å². The number of thioether (sulfide) groups is 1. The largest absolute Gasteiger partial charge is 0.338 e. The summed E-state index contributed by atoms with van der Waals surface area (Å²) in [6.07, 6.45) is 2.88. The lowest BCUT2D eigenvalue weighted by atomic mass is 10.0. The van der Waals surface area contributed by atoms with Crippen LogP contribution in [-0.4, -0.2) is 16.4 Å². The molecule has 0 spiro atoms. The quantitative estimate of drug-likeness (QED) is 0.813. The Bertz CT molecular complexity index is 275. The Balaban J connectivity index is 2.57. The Morgan fingerprint density at radius 2 is 2.21 bits per heavy atom. The molecular formula is C9H17N3OS. The summed E-state index contributed by atoms with van der Waals surface area (Å²) >= 11 is 1.67. The van der Waals surface area contributed by atoms with Gasteiger partial charge in [-0.2, -0.15) is 16.7 Å². The first-order chi connectivity index (χ1) is 6.63. The Labute approximate surface area is 88.6 Å². The minimum absolute atomic E-state index is 0.127. The smallest absolute Gasteiger partial charge is 0.243 e. The fourth-order valence-electron chi connectivity index (χ4n) is 1.21. The molecule has 1 atom stereocenters. The van der Waals surface area contributed by atoms with Crippen molar-refractivity contribution in [2.45, 2.75) is 32.1 Å². The molecule has 5 heteroatoms. The van der Waals surface area contributed by atoms with Crippen molar-refractivity contribution in [2.24, 2.45) is 11.7 Å². The second kappa shape index (κ2) is 5.36. The van der Waals surface area contributed by atoms with Crippen LogP contribution in [0.1, 0.15) is 38.0 Å². The van der Waals surface area contributed by atoms with E-state index in [1.165, 1.54) is 0 Å². The van der Waals surface area contributed by atoms with Crippen LogP contribution in [0.25, 0.3) is 0 Å². The minimum atomic E-state index is -0.127. The average Bonchev–Trinajstić information content (AvgIpc) is 2.52. The molecule has 1 heterocycles. The summed E-state index contributed by atoms with van der Waals surface area (Å²) in [5, 5.41) is 3.85. The summed E-state index contributed by atoms with van der Waals surface area (Å²) in [7, 11) is 0. The van der Waals surface area contributed by atoms with E-state index < -0.39 is 0 Å². The molecule has 14 heavy (non-hydrogen) atoms. The van der Waals surface area contributed by atoms with Crippen LogP contribution in [0.3, 0.4) is 0 Å². The zero-order valence-electron chi connectivity index (χ0n) is 8.86. The van der Waals surface area contributed by atoms with Crippen LogP contribution < -0.4 is 5.73 Å². The van der Waals surface area contributed by atoms with Crippen molar-refractivity contribution >= 4 is 11.8 Å². The molecule has 1 aromatic rings. The van der Waals surface area contributed by atoms with Crippen LogP contribution in [-0.2, 0) is 5.75 Å². The molecule has 2 N–H and O–H groups in total. The van der Waals surface area contributed by atoms with Gasteiger partial charge in [0, 0.05) is 0 Å². The molecule has 1 rings (SSSR count). The molecule has 1 unspecified atom stereocenters. The van der Waals surface area contributed by atoms with Gasteiger partial charge in [0.2, 0.25) is 5.89 Å². The molecule has 0 saturated heterocycles. The van der Waals surface area contributed by atoms with Crippen LogP contribution in [0.5, 0.6) is 0 Å². The minimum Gasteiger partial charge on any atom is -0.338 e. The topological polar surface area (TPSA) is 64.9 Å². The van der Waals surface area contributed by atoms with E-state index in [0.29, 0.717) is 11.8 Å². The molecule has 0 aliphatic carbocycles. The van der Waals surface area contributed by atoms with Gasteiger partial charge in [0.15, 0.2) is 5.82 Å². The normalized spacial score (nSPS) is 13.5. The molecule has 0 aromatic carbocycles. The molecule has 1 aromatic heterocycles. The van der Waals surface area contributed by atoms with Gasteiger partial charge in [0.05, 0.1) is 11.8 Å². The molecular weight excluding hydrogens is 198 g/mol. The molecule has 0 aliphatic rings. The Morgan fingerprint density at radius 1 is 1.50 bits per heavy atom. The number of hydrogen-bond donors (Lipinski definition) is 1. The van der Waals surface area contributed by atoms with Crippen LogP contribution in [0.2, 0.25) is 0 Å². The van der Waals surface area contributed by atoms with E-state index in [2.05, 4.69) is 24.0 Å². The van der Waals surface area contributed by atoms with Crippen molar-refractivity contribution in [2.75, 3.05) is 6.26 Å². The lowest BCUT2D eigenvalue weighted by Crippen LogP contribution is -2.13. The summed E-state index contributed by atoms with van der Waals surface area (Å²) in [5.41, 5.74) is 5.90. The number of hydrogen-bond acceptors (Lipinski definition) is 5. The average molecular weight is 215 g/mol. The Kier molecular flexibility index (Phi) is 4.41. The molecule has 0 aliphatic heterocycles. The number of rotatable bonds is 5. The van der Waals surface area contributed by atoms with Crippen LogP contribution >= 0.6 is 11.8 Å². The van der Waals surface area contributed by atoms with E-state index in [4.69, 9.17) is 10.3 Å². The van der Waals surface area contributed by atoms with Crippen molar-refractivity contribution in [3.05, 3.63) is 11.7 Å². The molecule has 0 amide bonds. The van der Waals surface area contributed by atoms with Crippen LogP contribution in [0.4, 0.5) is 0 Å². The summed E-state index contributed by atoms with van der Waals surface area (Å²) in [5.74, 6) is 2.60. The third-order valence-corrected chi connectivity index (χ3v) is 2.35. The summed E-state index contributed by atoms with van der Waals surface area (Å²) in [4.78, 5) is 4.23. The van der Waals surface area contributed by atoms with Gasteiger partial charge in [-0.3, -0.25) is 0 Å². The maximum absolute atomic E-state index is 5.90. The lowest BCUT2D eigenvalue weighted by Gasteiger charge is -2.08. The zero-order chi connectivity index (χ0) is 10.6. The van der Waals surface area contributed by atoms with Crippen molar-refractivity contribution < 1.29 is 4.52 Å². The zero-order valence-corrected chi connectivity index (χ0v) is 9.67. The van der Waals surface area contributed by atoms with E-state index >= 15 is 0 Å². The first kappa shape index (κ1) is 11.5. The third-order valence-electron chi connectivity index (χ3n) is 1.80. The van der Waals surface area contributed by atoms with Crippen molar-refractivity contribution in [1.82, 2.24) is 10.1 Å². The molecule has 0 saturated carbocycles. The van der Waals surface area contributed by atoms with Gasteiger partial charge in [0.25, 0.3) is 0 Å². The highest BCUT2D eigenvalue weighted by molar-refractivity contribution is 7.97. The molecule has 0 fully saturated rings. The van der Waals surface area contributed by atoms with Gasteiger partial charge < -0.3 is 10.3 Å².